The maximum absolute atomic E-state index is 12.9. The van der Waals surface area contributed by atoms with Gasteiger partial charge in [0.1, 0.15) is 12.3 Å². The van der Waals surface area contributed by atoms with Gasteiger partial charge >= 0.3 is 17.8 Å². The Morgan fingerprint density at radius 3 is 2.61 bits per heavy atom. The molecule has 0 atom stereocenters. The molecule has 0 N–H and O–H groups in total. The number of amides is 2. The molecule has 1 fully saturated rings. The number of nitro groups is 1. The minimum Gasteiger partial charge on any atom is -0.464 e. The second-order valence-corrected chi connectivity index (χ2v) is 8.45. The van der Waals surface area contributed by atoms with Gasteiger partial charge < -0.3 is 9.47 Å². The smallest absolute Gasteiger partial charge is 0.416 e. The maximum atomic E-state index is 12.9. The Hall–Kier alpha value is -3.87. The predicted molar refractivity (Wildman–Crippen MR) is 123 cm³/mol. The van der Waals surface area contributed by atoms with Crippen LogP contribution in [0, 0.1) is 10.1 Å². The Morgan fingerprint density at radius 1 is 1.19 bits per heavy atom. The van der Waals surface area contributed by atoms with Crippen molar-refractivity contribution in [1.29, 1.82) is 0 Å². The van der Waals surface area contributed by atoms with E-state index in [0.717, 1.165) is 17.4 Å². The van der Waals surface area contributed by atoms with Gasteiger partial charge in [-0.05, 0) is 54.1 Å². The SMILES string of the molecule is CCCCOC(=O)CN1C(=O)S/C(=C/c2cccc(Oc3ccc(C(F)(F)F)cc3[N+](=O)[O-])c2)C1=O. The maximum Gasteiger partial charge on any atom is 0.416 e. The molecule has 0 aliphatic carbocycles. The molecule has 36 heavy (non-hydrogen) atoms. The molecule has 1 aliphatic heterocycles. The van der Waals surface area contributed by atoms with Crippen molar-refractivity contribution in [2.24, 2.45) is 0 Å². The fourth-order valence-corrected chi connectivity index (χ4v) is 3.85. The highest BCUT2D eigenvalue weighted by Gasteiger charge is 2.37. The minimum absolute atomic E-state index is 0.0269. The number of benzene rings is 2. The number of hydrogen-bond acceptors (Lipinski definition) is 8. The van der Waals surface area contributed by atoms with Crippen molar-refractivity contribution < 1.29 is 42.0 Å². The van der Waals surface area contributed by atoms with Crippen LogP contribution in [-0.4, -0.2) is 40.1 Å². The van der Waals surface area contributed by atoms with Crippen LogP contribution in [0.3, 0.4) is 0 Å². The van der Waals surface area contributed by atoms with Gasteiger partial charge in [0.15, 0.2) is 0 Å². The number of imide groups is 1. The fourth-order valence-electron chi connectivity index (χ4n) is 3.01. The molecule has 2 aromatic rings. The summed E-state index contributed by atoms with van der Waals surface area (Å²) in [4.78, 5) is 47.8. The first-order chi connectivity index (χ1) is 17.0. The van der Waals surface area contributed by atoms with Gasteiger partial charge in [0, 0.05) is 6.07 Å². The lowest BCUT2D eigenvalue weighted by atomic mass is 10.1. The molecule has 0 saturated carbocycles. The third-order valence-electron chi connectivity index (χ3n) is 4.79. The molecular weight excluding hydrogens is 505 g/mol. The standard InChI is InChI=1S/C23H19F3N2O7S/c1-2-3-9-34-20(29)13-27-21(30)19(36-22(27)31)11-14-5-4-6-16(10-14)35-18-8-7-15(23(24,25)26)12-17(18)28(32)33/h4-8,10-12H,2-3,9,13H2,1H3/b19-11+. The van der Waals surface area contributed by atoms with Crippen LogP contribution in [0.1, 0.15) is 30.9 Å². The number of rotatable bonds is 9. The summed E-state index contributed by atoms with van der Waals surface area (Å²) >= 11 is 0.621. The lowest BCUT2D eigenvalue weighted by Crippen LogP contribution is -2.34. The molecule has 2 aromatic carbocycles. The Bertz CT molecular complexity index is 1230. The van der Waals surface area contributed by atoms with Gasteiger partial charge in [-0.25, -0.2) is 0 Å². The van der Waals surface area contributed by atoms with Gasteiger partial charge in [-0.15, -0.1) is 0 Å². The van der Waals surface area contributed by atoms with Gasteiger partial charge in [0.25, 0.3) is 11.1 Å². The first-order valence-electron chi connectivity index (χ1n) is 10.5. The molecule has 3 rings (SSSR count). The number of carbonyl (C=O) groups is 3. The fraction of sp³-hybridized carbons (Fsp3) is 0.261. The normalized spacial score (nSPS) is 14.9. The van der Waals surface area contributed by atoms with E-state index < -0.39 is 51.8 Å². The zero-order chi connectivity index (χ0) is 26.5. The van der Waals surface area contributed by atoms with Crippen molar-refractivity contribution in [1.82, 2.24) is 4.90 Å². The number of nitrogens with zero attached hydrogens (tertiary/aromatic N) is 2. The highest BCUT2D eigenvalue weighted by atomic mass is 32.2. The van der Waals surface area contributed by atoms with E-state index in [1.165, 1.54) is 24.3 Å². The van der Waals surface area contributed by atoms with Crippen molar-refractivity contribution in [3.63, 3.8) is 0 Å². The average molecular weight is 524 g/mol. The van der Waals surface area contributed by atoms with Crippen LogP contribution in [0.2, 0.25) is 0 Å². The molecule has 0 aromatic heterocycles. The highest BCUT2D eigenvalue weighted by Crippen LogP contribution is 2.38. The van der Waals surface area contributed by atoms with Crippen molar-refractivity contribution in [2.75, 3.05) is 13.2 Å². The predicted octanol–water partition coefficient (Wildman–Crippen LogP) is 5.79. The van der Waals surface area contributed by atoms with Crippen LogP contribution >= 0.6 is 11.8 Å². The monoisotopic (exact) mass is 524 g/mol. The van der Waals surface area contributed by atoms with E-state index in [0.29, 0.717) is 35.9 Å². The molecular formula is C23H19F3N2O7S. The van der Waals surface area contributed by atoms with Crippen LogP contribution in [-0.2, 0) is 20.5 Å². The van der Waals surface area contributed by atoms with Crippen LogP contribution in [0.5, 0.6) is 11.5 Å². The molecule has 1 heterocycles. The van der Waals surface area contributed by atoms with Crippen LogP contribution in [0.25, 0.3) is 6.08 Å². The Morgan fingerprint density at radius 2 is 1.94 bits per heavy atom. The van der Waals surface area contributed by atoms with Gasteiger partial charge in [-0.1, -0.05) is 25.5 Å². The van der Waals surface area contributed by atoms with Crippen molar-refractivity contribution in [3.05, 3.63) is 68.6 Å². The van der Waals surface area contributed by atoms with E-state index in [9.17, 15) is 37.7 Å². The number of nitro benzene ring substituents is 1. The van der Waals surface area contributed by atoms with Crippen molar-refractivity contribution in [3.8, 4) is 11.5 Å². The number of thioether (sulfide) groups is 1. The second kappa shape index (κ2) is 11.2. The van der Waals surface area contributed by atoms with Gasteiger partial charge in [-0.3, -0.25) is 29.4 Å². The minimum atomic E-state index is -4.77. The molecule has 0 radical (unpaired) electrons. The number of unbranched alkanes of at least 4 members (excludes halogenated alkanes) is 1. The zero-order valence-electron chi connectivity index (χ0n) is 18.7. The number of ether oxygens (including phenoxy) is 2. The Kier molecular flexibility index (Phi) is 8.35. The van der Waals surface area contributed by atoms with E-state index in [2.05, 4.69) is 0 Å². The molecule has 0 bridgehead atoms. The Labute approximate surface area is 207 Å². The topological polar surface area (TPSA) is 116 Å². The molecule has 0 spiro atoms. The summed E-state index contributed by atoms with van der Waals surface area (Å²) in [6.45, 7) is 1.58. The summed E-state index contributed by atoms with van der Waals surface area (Å²) in [5, 5.41) is 10.6. The van der Waals surface area contributed by atoms with Crippen LogP contribution in [0.15, 0.2) is 47.4 Å². The first-order valence-corrected chi connectivity index (χ1v) is 11.4. The lowest BCUT2D eigenvalue weighted by molar-refractivity contribution is -0.385. The number of hydrogen-bond donors (Lipinski definition) is 0. The third kappa shape index (κ3) is 6.62. The van der Waals surface area contributed by atoms with Gasteiger partial charge in [0.05, 0.1) is 22.0 Å². The summed E-state index contributed by atoms with van der Waals surface area (Å²) < 4.78 is 49.2. The summed E-state index contributed by atoms with van der Waals surface area (Å²) in [7, 11) is 0. The molecule has 1 aliphatic rings. The summed E-state index contributed by atoms with van der Waals surface area (Å²) in [5.74, 6) is -1.76. The lowest BCUT2D eigenvalue weighted by Gasteiger charge is -2.11. The van der Waals surface area contributed by atoms with Gasteiger partial charge in [0.2, 0.25) is 5.75 Å². The number of carbonyl (C=O) groups excluding carboxylic acids is 3. The Balaban J connectivity index is 1.77. The summed E-state index contributed by atoms with van der Waals surface area (Å²) in [6, 6.07) is 7.73. The third-order valence-corrected chi connectivity index (χ3v) is 5.70. The van der Waals surface area contributed by atoms with Crippen molar-refractivity contribution >= 4 is 40.6 Å². The number of halogens is 3. The molecule has 2 amide bonds. The molecule has 13 heteroatoms. The first kappa shape index (κ1) is 26.7. The van der Waals surface area contributed by atoms with Gasteiger partial charge in [-0.2, -0.15) is 13.2 Å². The van der Waals surface area contributed by atoms with E-state index in [1.54, 1.807) is 6.07 Å². The van der Waals surface area contributed by atoms with Crippen LogP contribution in [0.4, 0.5) is 23.7 Å². The number of alkyl halides is 3. The molecule has 0 unspecified atom stereocenters. The molecule has 9 nitrogen and oxygen atoms in total. The largest absolute Gasteiger partial charge is 0.464 e. The zero-order valence-corrected chi connectivity index (χ0v) is 19.6. The molecule has 190 valence electrons. The number of esters is 1. The van der Waals surface area contributed by atoms with E-state index >= 15 is 0 Å². The summed E-state index contributed by atoms with van der Waals surface area (Å²) in [6.07, 6.45) is -1.94. The van der Waals surface area contributed by atoms with Crippen molar-refractivity contribution in [2.45, 2.75) is 25.9 Å². The van der Waals surface area contributed by atoms with E-state index in [1.807, 2.05) is 6.92 Å². The van der Waals surface area contributed by atoms with Crippen LogP contribution < -0.4 is 4.74 Å². The van der Waals surface area contributed by atoms with E-state index in [4.69, 9.17) is 9.47 Å². The quantitative estimate of drug-likeness (QED) is 0.133. The summed E-state index contributed by atoms with van der Waals surface area (Å²) in [5.41, 5.74) is -1.69. The average Bonchev–Trinajstić information content (AvgIpc) is 3.06. The second-order valence-electron chi connectivity index (χ2n) is 7.45. The highest BCUT2D eigenvalue weighted by molar-refractivity contribution is 8.18. The molecule has 1 saturated heterocycles. The van der Waals surface area contributed by atoms with E-state index in [-0.39, 0.29) is 17.3 Å².